The summed E-state index contributed by atoms with van der Waals surface area (Å²) < 4.78 is 0. The van der Waals surface area contributed by atoms with Crippen LogP contribution in [0.2, 0.25) is 0 Å². The maximum atomic E-state index is 2.59. The second-order valence-electron chi connectivity index (χ2n) is 10.3. The molecule has 0 aliphatic heterocycles. The molecule has 4 rings (SSSR count). The Labute approximate surface area is 146 Å². The highest BCUT2D eigenvalue weighted by molar-refractivity contribution is 4.96. The van der Waals surface area contributed by atoms with Gasteiger partial charge < -0.3 is 0 Å². The average Bonchev–Trinajstić information content (AvgIpc) is 2.83. The summed E-state index contributed by atoms with van der Waals surface area (Å²) in [5.41, 5.74) is 0. The van der Waals surface area contributed by atoms with Gasteiger partial charge in [-0.15, -0.1) is 0 Å². The van der Waals surface area contributed by atoms with E-state index in [1.807, 2.05) is 0 Å². The lowest BCUT2D eigenvalue weighted by Crippen LogP contribution is -2.47. The Kier molecular flexibility index (Phi) is 5.49. The highest BCUT2D eigenvalue weighted by Crippen LogP contribution is 2.55. The van der Waals surface area contributed by atoms with Crippen molar-refractivity contribution in [2.45, 2.75) is 86.5 Å². The topological polar surface area (TPSA) is 0 Å². The molecule has 134 valence electrons. The van der Waals surface area contributed by atoms with Gasteiger partial charge in [0.05, 0.1) is 0 Å². The van der Waals surface area contributed by atoms with Crippen LogP contribution in [0.3, 0.4) is 0 Å². The van der Waals surface area contributed by atoms with Gasteiger partial charge in [-0.1, -0.05) is 67.2 Å². The van der Waals surface area contributed by atoms with E-state index in [4.69, 9.17) is 0 Å². The molecular weight excluding hydrogens is 276 g/mol. The molecule has 0 aromatic heterocycles. The molecule has 0 aromatic rings. The van der Waals surface area contributed by atoms with Gasteiger partial charge in [0, 0.05) is 0 Å². The SMILES string of the molecule is CC1CC2C(C)CC1C(C)C2CCCC(C)C1C(C)CCC1C. The highest BCUT2D eigenvalue weighted by atomic mass is 14.5. The Hall–Kier alpha value is 0. The summed E-state index contributed by atoms with van der Waals surface area (Å²) in [7, 11) is 0. The van der Waals surface area contributed by atoms with Crippen molar-refractivity contribution in [1.29, 1.82) is 0 Å². The molecule has 0 saturated heterocycles. The van der Waals surface area contributed by atoms with E-state index in [1.54, 1.807) is 0 Å². The quantitative estimate of drug-likeness (QED) is 0.510. The molecule has 0 heteroatoms. The van der Waals surface area contributed by atoms with Gasteiger partial charge in [-0.2, -0.15) is 0 Å². The van der Waals surface area contributed by atoms with Crippen LogP contribution in [0.15, 0.2) is 0 Å². The van der Waals surface area contributed by atoms with Crippen LogP contribution in [0.1, 0.15) is 86.5 Å². The lowest BCUT2D eigenvalue weighted by Gasteiger charge is -2.54. The summed E-state index contributed by atoms with van der Waals surface area (Å²) in [6, 6.07) is 0. The Morgan fingerprint density at radius 1 is 0.783 bits per heavy atom. The van der Waals surface area contributed by atoms with Crippen LogP contribution in [0, 0.1) is 59.2 Å². The summed E-state index contributed by atoms with van der Waals surface area (Å²) in [6.07, 6.45) is 10.5. The van der Waals surface area contributed by atoms with Gasteiger partial charge >= 0.3 is 0 Å². The van der Waals surface area contributed by atoms with Gasteiger partial charge in [-0.3, -0.25) is 0 Å². The first-order valence-corrected chi connectivity index (χ1v) is 10.9. The van der Waals surface area contributed by atoms with Crippen LogP contribution in [0.4, 0.5) is 0 Å². The minimum absolute atomic E-state index is 0.954. The molecule has 4 aliphatic rings. The standard InChI is InChI=1S/C23H42/c1-14(23-15(2)10-11-16(23)3)8-7-9-20-19(6)21-12-18(5)22(20)13-17(21)4/h14-23H,7-13H2,1-6H3. The Bertz CT molecular complexity index is 375. The van der Waals surface area contributed by atoms with E-state index in [0.717, 1.165) is 59.2 Å². The fraction of sp³-hybridized carbons (Fsp3) is 1.00. The van der Waals surface area contributed by atoms with Crippen molar-refractivity contribution in [3.63, 3.8) is 0 Å². The molecule has 0 aromatic carbocycles. The molecule has 4 fully saturated rings. The van der Waals surface area contributed by atoms with Gasteiger partial charge in [0.15, 0.2) is 0 Å². The summed E-state index contributed by atoms with van der Waals surface area (Å²) in [6.45, 7) is 15.2. The predicted molar refractivity (Wildman–Crippen MR) is 101 cm³/mol. The minimum Gasteiger partial charge on any atom is -0.0622 e. The summed E-state index contributed by atoms with van der Waals surface area (Å²) in [5.74, 6) is 10.0. The number of fused-ring (bicyclic) bond motifs is 3. The number of hydrogen-bond acceptors (Lipinski definition) is 0. The normalized spacial score (nSPS) is 51.1. The molecule has 4 aliphatic carbocycles. The van der Waals surface area contributed by atoms with Crippen LogP contribution in [-0.2, 0) is 0 Å². The van der Waals surface area contributed by atoms with Crippen molar-refractivity contribution in [2.24, 2.45) is 59.2 Å². The predicted octanol–water partition coefficient (Wildman–Crippen LogP) is 7.04. The first kappa shape index (κ1) is 17.8. The zero-order chi connectivity index (χ0) is 16.7. The minimum atomic E-state index is 0.954. The second-order valence-corrected chi connectivity index (χ2v) is 10.3. The van der Waals surface area contributed by atoms with Crippen molar-refractivity contribution in [2.75, 3.05) is 0 Å². The largest absolute Gasteiger partial charge is 0.0622 e. The fourth-order valence-electron chi connectivity index (χ4n) is 7.65. The van der Waals surface area contributed by atoms with Crippen molar-refractivity contribution in [3.8, 4) is 0 Å². The summed E-state index contributed by atoms with van der Waals surface area (Å²) >= 11 is 0. The lowest BCUT2D eigenvalue weighted by atomic mass is 9.51. The van der Waals surface area contributed by atoms with Crippen LogP contribution >= 0.6 is 0 Å². The van der Waals surface area contributed by atoms with Gasteiger partial charge in [0.2, 0.25) is 0 Å². The highest BCUT2D eigenvalue weighted by Gasteiger charge is 2.47. The third kappa shape index (κ3) is 3.38. The Morgan fingerprint density at radius 2 is 1.35 bits per heavy atom. The third-order valence-corrected chi connectivity index (χ3v) is 8.90. The van der Waals surface area contributed by atoms with Crippen molar-refractivity contribution >= 4 is 0 Å². The van der Waals surface area contributed by atoms with Crippen LogP contribution in [0.5, 0.6) is 0 Å². The van der Waals surface area contributed by atoms with E-state index in [-0.39, 0.29) is 0 Å². The third-order valence-electron chi connectivity index (χ3n) is 8.90. The molecule has 2 bridgehead atoms. The number of rotatable bonds is 5. The smallest absolute Gasteiger partial charge is 0.0337 e. The van der Waals surface area contributed by atoms with E-state index in [9.17, 15) is 0 Å². The first-order chi connectivity index (χ1) is 10.9. The fourth-order valence-corrected chi connectivity index (χ4v) is 7.65. The van der Waals surface area contributed by atoms with E-state index < -0.39 is 0 Å². The zero-order valence-corrected chi connectivity index (χ0v) is 16.7. The average molecular weight is 319 g/mol. The van der Waals surface area contributed by atoms with Crippen LogP contribution < -0.4 is 0 Å². The lowest BCUT2D eigenvalue weighted by molar-refractivity contribution is -0.0506. The molecule has 0 nitrogen and oxygen atoms in total. The second kappa shape index (κ2) is 7.09. The molecule has 0 N–H and O–H groups in total. The van der Waals surface area contributed by atoms with E-state index >= 15 is 0 Å². The Morgan fingerprint density at radius 3 is 2.00 bits per heavy atom. The molecule has 4 saturated carbocycles. The molecule has 0 radical (unpaired) electrons. The monoisotopic (exact) mass is 318 g/mol. The first-order valence-electron chi connectivity index (χ1n) is 10.9. The van der Waals surface area contributed by atoms with Gasteiger partial charge in [-0.25, -0.2) is 0 Å². The molecule has 23 heavy (non-hydrogen) atoms. The van der Waals surface area contributed by atoms with E-state index in [2.05, 4.69) is 41.5 Å². The molecule has 0 spiro atoms. The van der Waals surface area contributed by atoms with Gasteiger partial charge in [0.1, 0.15) is 0 Å². The zero-order valence-electron chi connectivity index (χ0n) is 16.7. The molecule has 0 amide bonds. The molecule has 9 atom stereocenters. The summed E-state index contributed by atoms with van der Waals surface area (Å²) in [4.78, 5) is 0. The van der Waals surface area contributed by atoms with Gasteiger partial charge in [0.25, 0.3) is 0 Å². The maximum absolute atomic E-state index is 2.59. The van der Waals surface area contributed by atoms with Gasteiger partial charge in [-0.05, 0) is 78.4 Å². The maximum Gasteiger partial charge on any atom is -0.0337 e. The molecular formula is C23H42. The number of hydrogen-bond donors (Lipinski definition) is 0. The van der Waals surface area contributed by atoms with Crippen molar-refractivity contribution < 1.29 is 0 Å². The molecule has 0 heterocycles. The van der Waals surface area contributed by atoms with E-state index in [0.29, 0.717) is 0 Å². The van der Waals surface area contributed by atoms with Crippen molar-refractivity contribution in [1.82, 2.24) is 0 Å². The Balaban J connectivity index is 1.51. The van der Waals surface area contributed by atoms with Crippen LogP contribution in [-0.4, -0.2) is 0 Å². The summed E-state index contributed by atoms with van der Waals surface area (Å²) in [5, 5.41) is 0. The van der Waals surface area contributed by atoms with Crippen molar-refractivity contribution in [3.05, 3.63) is 0 Å². The molecule has 9 unspecified atom stereocenters. The van der Waals surface area contributed by atoms with Crippen LogP contribution in [0.25, 0.3) is 0 Å². The van der Waals surface area contributed by atoms with E-state index in [1.165, 1.54) is 44.9 Å².